The number of hydrogen-bond acceptors (Lipinski definition) is 3. The van der Waals surface area contributed by atoms with Crippen LogP contribution in [-0.4, -0.2) is 17.6 Å². The van der Waals surface area contributed by atoms with Crippen LogP contribution in [0.3, 0.4) is 0 Å². The highest BCUT2D eigenvalue weighted by Gasteiger charge is 2.18. The maximum absolute atomic E-state index is 11.7. The van der Waals surface area contributed by atoms with Crippen LogP contribution in [0.4, 0.5) is 10.5 Å². The molecule has 5 nitrogen and oxygen atoms in total. The second-order valence-electron chi connectivity index (χ2n) is 7.15. The topological polar surface area (TPSA) is 67.4 Å². The van der Waals surface area contributed by atoms with Gasteiger partial charge in [-0.15, -0.1) is 0 Å². The Morgan fingerprint density at radius 1 is 1.12 bits per heavy atom. The van der Waals surface area contributed by atoms with E-state index in [4.69, 9.17) is 4.74 Å². The molecule has 0 atom stereocenters. The van der Waals surface area contributed by atoms with Gasteiger partial charge in [0, 0.05) is 12.2 Å². The second kappa shape index (κ2) is 6.59. The number of benzene rings is 2. The Morgan fingerprint density at radius 2 is 1.80 bits per heavy atom. The minimum atomic E-state index is -0.502. The van der Waals surface area contributed by atoms with Crippen LogP contribution in [0.5, 0.6) is 0 Å². The lowest BCUT2D eigenvalue weighted by molar-refractivity contribution is -0.115. The van der Waals surface area contributed by atoms with Crippen LogP contribution in [0.2, 0.25) is 0 Å². The van der Waals surface area contributed by atoms with Crippen molar-refractivity contribution < 1.29 is 14.3 Å². The Labute approximate surface area is 147 Å². The highest BCUT2D eigenvalue weighted by molar-refractivity contribution is 5.99. The molecule has 0 fully saturated rings. The van der Waals surface area contributed by atoms with Gasteiger partial charge in [0.05, 0.1) is 6.42 Å². The molecule has 0 bridgehead atoms. The quantitative estimate of drug-likeness (QED) is 0.892. The first-order valence-electron chi connectivity index (χ1n) is 8.29. The van der Waals surface area contributed by atoms with E-state index in [-0.39, 0.29) is 5.91 Å². The van der Waals surface area contributed by atoms with E-state index in [0.29, 0.717) is 13.0 Å². The van der Waals surface area contributed by atoms with Crippen molar-refractivity contribution >= 4 is 17.7 Å². The smallest absolute Gasteiger partial charge is 0.407 e. The van der Waals surface area contributed by atoms with E-state index >= 15 is 0 Å². The Balaban J connectivity index is 1.64. The van der Waals surface area contributed by atoms with Crippen LogP contribution in [0.1, 0.15) is 31.9 Å². The number of fused-ring (bicyclic) bond motifs is 1. The summed E-state index contributed by atoms with van der Waals surface area (Å²) >= 11 is 0. The van der Waals surface area contributed by atoms with Gasteiger partial charge in [-0.2, -0.15) is 0 Å². The standard InChI is InChI=1S/C20H22N2O3/c1-20(2,3)25-19(24)21-12-13-4-6-14(7-5-13)15-8-9-17-16(10-15)11-18(23)22-17/h4-10H,11-12H2,1-3H3,(H,21,24)(H,22,23). The number of ether oxygens (including phenoxy) is 1. The third-order valence-corrected chi connectivity index (χ3v) is 3.85. The van der Waals surface area contributed by atoms with Gasteiger partial charge in [-0.3, -0.25) is 4.79 Å². The van der Waals surface area contributed by atoms with Crippen LogP contribution in [0.25, 0.3) is 11.1 Å². The summed E-state index contributed by atoms with van der Waals surface area (Å²) in [5, 5.41) is 5.58. The summed E-state index contributed by atoms with van der Waals surface area (Å²) in [7, 11) is 0. The molecule has 5 heteroatoms. The first-order chi connectivity index (χ1) is 11.8. The van der Waals surface area contributed by atoms with Crippen LogP contribution >= 0.6 is 0 Å². The highest BCUT2D eigenvalue weighted by Crippen LogP contribution is 2.29. The number of hydrogen-bond donors (Lipinski definition) is 2. The number of carbonyl (C=O) groups excluding carboxylic acids is 2. The Kier molecular flexibility index (Phi) is 4.49. The van der Waals surface area contributed by atoms with Crippen molar-refractivity contribution in [1.82, 2.24) is 5.32 Å². The summed E-state index contributed by atoms with van der Waals surface area (Å²) in [4.78, 5) is 23.1. The van der Waals surface area contributed by atoms with Gasteiger partial charge < -0.3 is 15.4 Å². The van der Waals surface area contributed by atoms with E-state index in [2.05, 4.69) is 10.6 Å². The van der Waals surface area contributed by atoms with Gasteiger partial charge in [-0.05, 0) is 55.2 Å². The fourth-order valence-electron chi connectivity index (χ4n) is 2.71. The van der Waals surface area contributed by atoms with Gasteiger partial charge in [-0.25, -0.2) is 4.79 Å². The first kappa shape index (κ1) is 17.0. The van der Waals surface area contributed by atoms with Crippen LogP contribution in [0.15, 0.2) is 42.5 Å². The van der Waals surface area contributed by atoms with Gasteiger partial charge >= 0.3 is 6.09 Å². The fourth-order valence-corrected chi connectivity index (χ4v) is 2.71. The van der Waals surface area contributed by atoms with Crippen molar-refractivity contribution in [3.05, 3.63) is 53.6 Å². The number of anilines is 1. The third-order valence-electron chi connectivity index (χ3n) is 3.85. The van der Waals surface area contributed by atoms with E-state index in [1.165, 1.54) is 0 Å². The zero-order chi connectivity index (χ0) is 18.0. The second-order valence-corrected chi connectivity index (χ2v) is 7.15. The monoisotopic (exact) mass is 338 g/mol. The molecule has 0 saturated heterocycles. The molecule has 0 aromatic heterocycles. The van der Waals surface area contributed by atoms with Crippen LogP contribution < -0.4 is 10.6 Å². The molecule has 1 heterocycles. The lowest BCUT2D eigenvalue weighted by atomic mass is 10.0. The summed E-state index contributed by atoms with van der Waals surface area (Å²) in [5.74, 6) is 0.0377. The molecule has 2 aromatic rings. The summed E-state index contributed by atoms with van der Waals surface area (Å²) < 4.78 is 5.22. The summed E-state index contributed by atoms with van der Waals surface area (Å²) in [5.41, 5.74) is 4.56. The number of alkyl carbamates (subject to hydrolysis) is 1. The summed E-state index contributed by atoms with van der Waals surface area (Å²) in [6.45, 7) is 5.92. The molecule has 3 rings (SSSR count). The van der Waals surface area contributed by atoms with Crippen molar-refractivity contribution in [1.29, 1.82) is 0 Å². The molecule has 0 aliphatic carbocycles. The Bertz CT molecular complexity index is 805. The molecule has 2 N–H and O–H groups in total. The molecule has 0 saturated carbocycles. The average Bonchev–Trinajstić information content (AvgIpc) is 2.91. The van der Waals surface area contributed by atoms with E-state index in [1.807, 2.05) is 63.2 Å². The molecule has 25 heavy (non-hydrogen) atoms. The van der Waals surface area contributed by atoms with E-state index in [0.717, 1.165) is 27.9 Å². The molecule has 0 radical (unpaired) electrons. The minimum absolute atomic E-state index is 0.0377. The molecule has 0 spiro atoms. The van der Waals surface area contributed by atoms with Gasteiger partial charge in [-0.1, -0.05) is 30.3 Å². The molecule has 2 aromatic carbocycles. The maximum atomic E-state index is 11.7. The molecule has 1 aliphatic heterocycles. The van der Waals surface area contributed by atoms with Crippen molar-refractivity contribution in [2.24, 2.45) is 0 Å². The molecule has 130 valence electrons. The largest absolute Gasteiger partial charge is 0.444 e. The van der Waals surface area contributed by atoms with Crippen molar-refractivity contribution in [3.8, 4) is 11.1 Å². The van der Waals surface area contributed by atoms with Gasteiger partial charge in [0.2, 0.25) is 5.91 Å². The predicted octanol–water partition coefficient (Wildman–Crippen LogP) is 3.87. The SMILES string of the molecule is CC(C)(C)OC(=O)NCc1ccc(-c2ccc3c(c2)CC(=O)N3)cc1. The lowest BCUT2D eigenvalue weighted by Crippen LogP contribution is -2.32. The minimum Gasteiger partial charge on any atom is -0.444 e. The molecular formula is C20H22N2O3. The van der Waals surface area contributed by atoms with Crippen molar-refractivity contribution in [2.75, 3.05) is 5.32 Å². The molecule has 0 unspecified atom stereocenters. The zero-order valence-electron chi connectivity index (χ0n) is 14.7. The number of nitrogens with one attached hydrogen (secondary N) is 2. The molecule has 1 aliphatic rings. The maximum Gasteiger partial charge on any atom is 0.407 e. The van der Waals surface area contributed by atoms with Crippen LogP contribution in [-0.2, 0) is 22.5 Å². The fraction of sp³-hybridized carbons (Fsp3) is 0.300. The molecular weight excluding hydrogens is 316 g/mol. The average molecular weight is 338 g/mol. The van der Waals surface area contributed by atoms with Gasteiger partial charge in [0.25, 0.3) is 0 Å². The summed E-state index contributed by atoms with van der Waals surface area (Å²) in [6, 6.07) is 14.0. The Hall–Kier alpha value is -2.82. The number of carbonyl (C=O) groups is 2. The van der Waals surface area contributed by atoms with Gasteiger partial charge in [0.1, 0.15) is 5.60 Å². The zero-order valence-corrected chi connectivity index (χ0v) is 14.7. The van der Waals surface area contributed by atoms with E-state index < -0.39 is 11.7 Å². The van der Waals surface area contributed by atoms with Crippen LogP contribution in [0, 0.1) is 0 Å². The predicted molar refractivity (Wildman–Crippen MR) is 97.3 cm³/mol. The van der Waals surface area contributed by atoms with Crippen molar-refractivity contribution in [2.45, 2.75) is 39.3 Å². The lowest BCUT2D eigenvalue weighted by Gasteiger charge is -2.19. The Morgan fingerprint density at radius 3 is 2.48 bits per heavy atom. The van der Waals surface area contributed by atoms with Crippen molar-refractivity contribution in [3.63, 3.8) is 0 Å². The van der Waals surface area contributed by atoms with E-state index in [9.17, 15) is 9.59 Å². The highest BCUT2D eigenvalue weighted by atomic mass is 16.6. The van der Waals surface area contributed by atoms with Gasteiger partial charge in [0.15, 0.2) is 0 Å². The molecule has 2 amide bonds. The third kappa shape index (κ3) is 4.38. The summed E-state index contributed by atoms with van der Waals surface area (Å²) in [6.07, 6.45) is 0.00788. The first-order valence-corrected chi connectivity index (χ1v) is 8.29. The van der Waals surface area contributed by atoms with E-state index in [1.54, 1.807) is 0 Å². The number of amides is 2. The normalized spacial score (nSPS) is 13.2. The number of rotatable bonds is 3.